The van der Waals surface area contributed by atoms with Gasteiger partial charge in [-0.1, -0.05) is 0 Å². The van der Waals surface area contributed by atoms with Crippen molar-refractivity contribution in [3.8, 4) is 5.75 Å². The molecule has 1 atom stereocenters. The van der Waals surface area contributed by atoms with E-state index in [2.05, 4.69) is 9.71 Å². The van der Waals surface area contributed by atoms with E-state index in [4.69, 9.17) is 14.9 Å². The van der Waals surface area contributed by atoms with Crippen LogP contribution in [0.3, 0.4) is 0 Å². The molecular weight excluding hydrogens is 392 g/mol. The highest BCUT2D eigenvalue weighted by molar-refractivity contribution is 7.92. The summed E-state index contributed by atoms with van der Waals surface area (Å²) in [6.07, 6.45) is 2.14. The zero-order valence-corrected chi connectivity index (χ0v) is 16.7. The van der Waals surface area contributed by atoms with Crippen molar-refractivity contribution < 1.29 is 17.6 Å². The van der Waals surface area contributed by atoms with Gasteiger partial charge in [0, 0.05) is 16.9 Å². The van der Waals surface area contributed by atoms with Crippen LogP contribution in [0.15, 0.2) is 70.3 Å². The number of nitrogens with one attached hydrogen (secondary N) is 1. The van der Waals surface area contributed by atoms with E-state index in [1.165, 1.54) is 0 Å². The zero-order valence-electron chi connectivity index (χ0n) is 15.9. The Morgan fingerprint density at radius 3 is 2.41 bits per heavy atom. The Balaban J connectivity index is 1.76. The highest BCUT2D eigenvalue weighted by atomic mass is 32.2. The van der Waals surface area contributed by atoms with E-state index in [1.54, 1.807) is 43.7 Å². The Kier molecular flexibility index (Phi) is 4.77. The van der Waals surface area contributed by atoms with E-state index in [1.807, 2.05) is 29.2 Å². The van der Waals surface area contributed by atoms with E-state index >= 15 is 0 Å². The van der Waals surface area contributed by atoms with Crippen molar-refractivity contribution in [3.63, 3.8) is 0 Å². The van der Waals surface area contributed by atoms with Crippen molar-refractivity contribution in [2.24, 2.45) is 10.7 Å². The second-order valence-corrected chi connectivity index (χ2v) is 8.33. The van der Waals surface area contributed by atoms with Crippen LogP contribution < -0.4 is 20.1 Å². The number of rotatable bonds is 5. The predicted molar refractivity (Wildman–Crippen MR) is 112 cm³/mol. The van der Waals surface area contributed by atoms with Crippen molar-refractivity contribution in [1.29, 1.82) is 0 Å². The lowest BCUT2D eigenvalue weighted by molar-refractivity contribution is 0.415. The first-order valence-electron chi connectivity index (χ1n) is 8.79. The lowest BCUT2D eigenvalue weighted by atomic mass is 10.1. The molecule has 8 nitrogen and oxygen atoms in total. The van der Waals surface area contributed by atoms with E-state index in [9.17, 15) is 8.42 Å². The Hall–Kier alpha value is -3.30. The molecule has 1 unspecified atom stereocenters. The molecule has 0 bridgehead atoms. The monoisotopic (exact) mass is 412 g/mol. The molecule has 1 aliphatic rings. The van der Waals surface area contributed by atoms with Crippen molar-refractivity contribution in [1.82, 2.24) is 0 Å². The van der Waals surface area contributed by atoms with Gasteiger partial charge in [-0.15, -0.1) is 0 Å². The molecule has 0 amide bonds. The summed E-state index contributed by atoms with van der Waals surface area (Å²) in [6.45, 7) is 0. The number of hydrogen-bond acceptors (Lipinski definition) is 7. The minimum Gasteiger partial charge on any atom is -0.497 e. The van der Waals surface area contributed by atoms with Gasteiger partial charge in [-0.05, 0) is 54.6 Å². The van der Waals surface area contributed by atoms with Gasteiger partial charge in [-0.3, -0.25) is 4.72 Å². The fourth-order valence-electron chi connectivity index (χ4n) is 3.18. The molecule has 150 valence electrons. The number of anilines is 2. The summed E-state index contributed by atoms with van der Waals surface area (Å²) < 4.78 is 36.1. The van der Waals surface area contributed by atoms with E-state index < -0.39 is 16.2 Å². The molecule has 0 aliphatic carbocycles. The first-order valence-corrected chi connectivity index (χ1v) is 10.7. The van der Waals surface area contributed by atoms with Gasteiger partial charge in [-0.25, -0.2) is 8.42 Å². The molecular formula is C20H20N4O4S. The fraction of sp³-hybridized carbons (Fsp3) is 0.150. The Morgan fingerprint density at radius 2 is 1.79 bits per heavy atom. The number of nitrogens with two attached hydrogens (primary N) is 1. The number of sulfonamides is 1. The van der Waals surface area contributed by atoms with E-state index in [-0.39, 0.29) is 0 Å². The second kappa shape index (κ2) is 7.26. The molecule has 1 aliphatic heterocycles. The van der Waals surface area contributed by atoms with Gasteiger partial charge in [-0.2, -0.15) is 4.99 Å². The molecule has 0 radical (unpaired) electrons. The number of benzene rings is 2. The molecule has 3 N–H and O–H groups in total. The third kappa shape index (κ3) is 3.82. The van der Waals surface area contributed by atoms with Gasteiger partial charge in [0.15, 0.2) is 0 Å². The number of methoxy groups -OCH3 is 1. The van der Waals surface area contributed by atoms with Crippen molar-refractivity contribution in [2.45, 2.75) is 6.17 Å². The largest absolute Gasteiger partial charge is 0.497 e. The van der Waals surface area contributed by atoms with Crippen LogP contribution in [0.5, 0.6) is 5.75 Å². The van der Waals surface area contributed by atoms with Gasteiger partial charge in [0.2, 0.25) is 15.9 Å². The average molecular weight is 412 g/mol. The Bertz CT molecular complexity index is 1150. The number of aliphatic imine (C=N–C) groups is 1. The van der Waals surface area contributed by atoms with Gasteiger partial charge >= 0.3 is 0 Å². The number of fused-ring (bicyclic) bond motifs is 1. The molecule has 0 saturated heterocycles. The number of amidine groups is 1. The minimum absolute atomic E-state index is 0.466. The van der Waals surface area contributed by atoms with Crippen LogP contribution in [0.2, 0.25) is 0 Å². The third-order valence-electron chi connectivity index (χ3n) is 4.50. The summed E-state index contributed by atoms with van der Waals surface area (Å²) in [5, 5.41) is 0. The molecule has 1 aromatic heterocycles. The van der Waals surface area contributed by atoms with Gasteiger partial charge < -0.3 is 19.8 Å². The van der Waals surface area contributed by atoms with Crippen molar-refractivity contribution >= 4 is 33.1 Å². The molecule has 2 heterocycles. The molecule has 9 heteroatoms. The first kappa shape index (κ1) is 19.0. The van der Waals surface area contributed by atoms with Crippen LogP contribution in [0.25, 0.3) is 0 Å². The number of furan rings is 1. The van der Waals surface area contributed by atoms with Crippen molar-refractivity contribution in [2.75, 3.05) is 23.0 Å². The standard InChI is InChI=1S/C20H20N4O4S/c1-27-16-9-3-13(4-10-16)19-22-20-17(11-12-28-20)18(21)24(19)15-7-5-14(6-8-15)23-29(2,25)26/h3-12,18,23H,21H2,1-2H3. The number of hydrogen-bond donors (Lipinski definition) is 2. The van der Waals surface area contributed by atoms with Crippen LogP contribution in [0.1, 0.15) is 17.3 Å². The summed E-state index contributed by atoms with van der Waals surface area (Å²) in [6, 6.07) is 16.2. The molecule has 2 aromatic carbocycles. The maximum absolute atomic E-state index is 11.5. The summed E-state index contributed by atoms with van der Waals surface area (Å²) in [5.41, 5.74) is 9.37. The lowest BCUT2D eigenvalue weighted by Crippen LogP contribution is -2.41. The smallest absolute Gasteiger partial charge is 0.229 e. The summed E-state index contributed by atoms with van der Waals surface area (Å²) >= 11 is 0. The fourth-order valence-corrected chi connectivity index (χ4v) is 3.74. The van der Waals surface area contributed by atoms with Gasteiger partial charge in [0.25, 0.3) is 0 Å². The van der Waals surface area contributed by atoms with E-state index in [0.717, 1.165) is 28.8 Å². The Labute approximate surface area is 168 Å². The highest BCUT2D eigenvalue weighted by Gasteiger charge is 2.31. The third-order valence-corrected chi connectivity index (χ3v) is 5.11. The Morgan fingerprint density at radius 1 is 1.10 bits per heavy atom. The average Bonchev–Trinajstić information content (AvgIpc) is 3.17. The molecule has 4 rings (SSSR count). The summed E-state index contributed by atoms with van der Waals surface area (Å²) in [5.74, 6) is 1.82. The molecule has 0 spiro atoms. The quantitative estimate of drug-likeness (QED) is 0.666. The summed E-state index contributed by atoms with van der Waals surface area (Å²) in [4.78, 5) is 6.54. The van der Waals surface area contributed by atoms with Crippen LogP contribution >= 0.6 is 0 Å². The maximum atomic E-state index is 11.5. The predicted octanol–water partition coefficient (Wildman–Crippen LogP) is 3.22. The van der Waals surface area contributed by atoms with Crippen LogP contribution in [-0.4, -0.2) is 27.6 Å². The zero-order chi connectivity index (χ0) is 20.6. The molecule has 0 fully saturated rings. The SMILES string of the molecule is COc1ccc(C2=Nc3occc3C(N)N2c2ccc(NS(C)(=O)=O)cc2)cc1. The summed E-state index contributed by atoms with van der Waals surface area (Å²) in [7, 11) is -1.75. The van der Waals surface area contributed by atoms with Crippen LogP contribution in [-0.2, 0) is 10.0 Å². The van der Waals surface area contributed by atoms with Crippen LogP contribution in [0, 0.1) is 0 Å². The van der Waals surface area contributed by atoms with Crippen LogP contribution in [0.4, 0.5) is 17.3 Å². The maximum Gasteiger partial charge on any atom is 0.229 e. The molecule has 0 saturated carbocycles. The first-order chi connectivity index (χ1) is 13.9. The van der Waals surface area contributed by atoms with E-state index in [0.29, 0.717) is 17.4 Å². The topological polar surface area (TPSA) is 110 Å². The van der Waals surface area contributed by atoms with Gasteiger partial charge in [0.05, 0.1) is 25.2 Å². The highest BCUT2D eigenvalue weighted by Crippen LogP contribution is 2.37. The lowest BCUT2D eigenvalue weighted by Gasteiger charge is -2.34. The normalized spacial score (nSPS) is 16.2. The second-order valence-electron chi connectivity index (χ2n) is 6.58. The van der Waals surface area contributed by atoms with Gasteiger partial charge in [0.1, 0.15) is 17.8 Å². The number of nitrogens with zero attached hydrogens (tertiary/aromatic N) is 2. The van der Waals surface area contributed by atoms with Crippen molar-refractivity contribution in [3.05, 3.63) is 72.0 Å². The minimum atomic E-state index is -3.35. The number of ether oxygens (including phenoxy) is 1. The molecule has 29 heavy (non-hydrogen) atoms. The molecule has 3 aromatic rings.